The number of aromatic amines is 1. The van der Waals surface area contributed by atoms with Crippen LogP contribution in [0.15, 0.2) is 74.2 Å². The maximum atomic E-state index is 13.7. The van der Waals surface area contributed by atoms with Gasteiger partial charge in [0.05, 0.1) is 18.2 Å². The second kappa shape index (κ2) is 6.81. The Kier molecular flexibility index (Phi) is 4.31. The van der Waals surface area contributed by atoms with Gasteiger partial charge in [0.1, 0.15) is 11.5 Å². The van der Waals surface area contributed by atoms with Gasteiger partial charge in [-0.25, -0.2) is 9.37 Å². The number of nitrogens with one attached hydrogen (secondary N) is 1. The molecule has 0 aliphatic carbocycles. The number of carbonyl (C=O) groups is 1. The van der Waals surface area contributed by atoms with Gasteiger partial charge in [-0.1, -0.05) is 24.3 Å². The van der Waals surface area contributed by atoms with Crippen LogP contribution in [0.1, 0.15) is 6.04 Å². The minimum Gasteiger partial charge on any atom is -0.481 e. The number of aromatic nitrogens is 3. The Balaban J connectivity index is 1.88. The summed E-state index contributed by atoms with van der Waals surface area (Å²) >= 11 is 0. The van der Waals surface area contributed by atoms with E-state index >= 15 is 0 Å². The number of hydrogen-bond acceptors (Lipinski definition) is 2. The van der Waals surface area contributed by atoms with Crippen LogP contribution in [0.4, 0.5) is 4.39 Å². The topological polar surface area (TPSA) is 70.9 Å². The van der Waals surface area contributed by atoms with Crippen LogP contribution in [0.5, 0.6) is 0 Å². The normalized spacial score (nSPS) is 13.5. The van der Waals surface area contributed by atoms with E-state index in [1.165, 1.54) is 18.3 Å². The van der Waals surface area contributed by atoms with Gasteiger partial charge >= 0.3 is 5.97 Å². The molecule has 0 radical (unpaired) electrons. The van der Waals surface area contributed by atoms with E-state index in [0.29, 0.717) is 11.0 Å². The fourth-order valence-corrected chi connectivity index (χ4v) is 3.61. The summed E-state index contributed by atoms with van der Waals surface area (Å²) in [6.07, 6.45) is 7.83. The molecule has 2 N–H and O–H groups in total. The molecule has 0 fully saturated rings. The number of pyridine rings is 1. The zero-order chi connectivity index (χ0) is 19.8. The first-order valence-electron chi connectivity index (χ1n) is 8.75. The van der Waals surface area contributed by atoms with Crippen LogP contribution in [0, 0.1) is 11.7 Å². The first-order valence-corrected chi connectivity index (χ1v) is 8.75. The predicted octanol–water partition coefficient (Wildman–Crippen LogP) is 4.94. The van der Waals surface area contributed by atoms with E-state index in [-0.39, 0.29) is 0 Å². The third kappa shape index (κ3) is 2.79. The maximum absolute atomic E-state index is 13.7. The van der Waals surface area contributed by atoms with Gasteiger partial charge < -0.3 is 14.7 Å². The van der Waals surface area contributed by atoms with Crippen LogP contribution in [0.2, 0.25) is 0 Å². The van der Waals surface area contributed by atoms with Gasteiger partial charge in [0.25, 0.3) is 0 Å². The van der Waals surface area contributed by atoms with Crippen LogP contribution in [-0.4, -0.2) is 25.6 Å². The van der Waals surface area contributed by atoms with Crippen molar-refractivity contribution in [1.82, 2.24) is 14.5 Å². The number of carboxylic acids is 1. The van der Waals surface area contributed by atoms with Crippen molar-refractivity contribution in [2.24, 2.45) is 5.92 Å². The summed E-state index contributed by atoms with van der Waals surface area (Å²) in [6, 6.07) is 8.75. The lowest BCUT2D eigenvalue weighted by Gasteiger charge is -2.21. The molecule has 0 saturated heterocycles. The van der Waals surface area contributed by atoms with E-state index in [4.69, 9.17) is 0 Å². The molecular weight excluding hydrogens is 357 g/mol. The lowest BCUT2D eigenvalue weighted by atomic mass is 9.99. The number of aliphatic carboxylic acids is 1. The van der Waals surface area contributed by atoms with E-state index < -0.39 is 23.7 Å². The molecule has 0 spiro atoms. The molecule has 1 aromatic carbocycles. The van der Waals surface area contributed by atoms with Crippen molar-refractivity contribution in [2.45, 2.75) is 6.04 Å². The Morgan fingerprint density at radius 1 is 1.25 bits per heavy atom. The standard InChI is InChI=1S/C22H18FN3O2/c1-3-16(22(27)28)19(4-2)26-8-7-13-5-6-14(9-20(13)26)18-12-25-21-17(18)10-15(23)11-24-21/h3-12,16,19H,1-2H2,(H,24,25)(H,27,28)/t16-,19-/m1/s1. The summed E-state index contributed by atoms with van der Waals surface area (Å²) in [7, 11) is 0. The fraction of sp³-hybridized carbons (Fsp3) is 0.0909. The smallest absolute Gasteiger partial charge is 0.312 e. The summed E-state index contributed by atoms with van der Waals surface area (Å²) in [5.41, 5.74) is 3.16. The Morgan fingerprint density at radius 2 is 2.07 bits per heavy atom. The monoisotopic (exact) mass is 375 g/mol. The molecule has 3 heterocycles. The summed E-state index contributed by atoms with van der Waals surface area (Å²) in [5.74, 6) is -2.17. The zero-order valence-corrected chi connectivity index (χ0v) is 15.0. The molecule has 2 atom stereocenters. The quantitative estimate of drug-likeness (QED) is 0.469. The number of benzene rings is 1. The number of rotatable bonds is 6. The van der Waals surface area contributed by atoms with Gasteiger partial charge in [-0.15, -0.1) is 13.2 Å². The van der Waals surface area contributed by atoms with Crippen molar-refractivity contribution in [2.75, 3.05) is 0 Å². The molecule has 0 aliphatic heterocycles. The molecule has 140 valence electrons. The van der Waals surface area contributed by atoms with Crippen molar-refractivity contribution < 1.29 is 14.3 Å². The Labute approximate surface area is 160 Å². The van der Waals surface area contributed by atoms with Crippen molar-refractivity contribution in [3.8, 4) is 11.1 Å². The molecule has 5 nitrogen and oxygen atoms in total. The van der Waals surface area contributed by atoms with Gasteiger partial charge in [0, 0.05) is 28.9 Å². The minimum atomic E-state index is -0.962. The highest BCUT2D eigenvalue weighted by atomic mass is 19.1. The highest BCUT2D eigenvalue weighted by molar-refractivity contribution is 5.96. The second-order valence-corrected chi connectivity index (χ2v) is 6.57. The van der Waals surface area contributed by atoms with Crippen LogP contribution >= 0.6 is 0 Å². The molecular formula is C22H18FN3O2. The molecule has 0 amide bonds. The largest absolute Gasteiger partial charge is 0.481 e. The van der Waals surface area contributed by atoms with E-state index in [1.807, 2.05) is 35.0 Å². The summed E-state index contributed by atoms with van der Waals surface area (Å²) in [4.78, 5) is 18.7. The van der Waals surface area contributed by atoms with Crippen molar-refractivity contribution in [3.63, 3.8) is 0 Å². The number of allylic oxidation sites excluding steroid dienone is 1. The third-order valence-electron chi connectivity index (χ3n) is 5.00. The van der Waals surface area contributed by atoms with Crippen LogP contribution in [0.25, 0.3) is 33.1 Å². The molecule has 4 aromatic rings. The zero-order valence-electron chi connectivity index (χ0n) is 15.0. The van der Waals surface area contributed by atoms with Gasteiger partial charge in [0.2, 0.25) is 0 Å². The Bertz CT molecular complexity index is 1220. The van der Waals surface area contributed by atoms with Crippen LogP contribution in [-0.2, 0) is 4.79 Å². The molecule has 0 saturated carbocycles. The van der Waals surface area contributed by atoms with Gasteiger partial charge in [-0.05, 0) is 29.1 Å². The van der Waals surface area contributed by atoms with Crippen LogP contribution in [0.3, 0.4) is 0 Å². The first-order chi connectivity index (χ1) is 13.5. The molecule has 0 unspecified atom stereocenters. The maximum Gasteiger partial charge on any atom is 0.312 e. The number of nitrogens with zero attached hydrogens (tertiary/aromatic N) is 2. The van der Waals surface area contributed by atoms with E-state index in [2.05, 4.69) is 23.1 Å². The van der Waals surface area contributed by atoms with Gasteiger partial charge in [-0.2, -0.15) is 0 Å². The number of fused-ring (bicyclic) bond motifs is 2. The fourth-order valence-electron chi connectivity index (χ4n) is 3.61. The van der Waals surface area contributed by atoms with Gasteiger partial charge in [0.15, 0.2) is 0 Å². The third-order valence-corrected chi connectivity index (χ3v) is 5.00. The van der Waals surface area contributed by atoms with E-state index in [0.717, 1.165) is 22.0 Å². The summed E-state index contributed by atoms with van der Waals surface area (Å²) in [5, 5.41) is 11.2. The van der Waals surface area contributed by atoms with Crippen molar-refractivity contribution in [1.29, 1.82) is 0 Å². The predicted molar refractivity (Wildman–Crippen MR) is 108 cm³/mol. The highest BCUT2D eigenvalue weighted by Crippen LogP contribution is 2.33. The average molecular weight is 375 g/mol. The van der Waals surface area contributed by atoms with E-state index in [1.54, 1.807) is 12.3 Å². The second-order valence-electron chi connectivity index (χ2n) is 6.57. The lowest BCUT2D eigenvalue weighted by molar-refractivity contribution is -0.140. The summed E-state index contributed by atoms with van der Waals surface area (Å²) in [6.45, 7) is 7.46. The van der Waals surface area contributed by atoms with Crippen molar-refractivity contribution in [3.05, 3.63) is 80.0 Å². The molecule has 0 aliphatic rings. The van der Waals surface area contributed by atoms with Gasteiger partial charge in [-0.3, -0.25) is 4.79 Å². The average Bonchev–Trinajstić information content (AvgIpc) is 3.28. The van der Waals surface area contributed by atoms with Crippen molar-refractivity contribution >= 4 is 27.9 Å². The number of hydrogen-bond donors (Lipinski definition) is 2. The first kappa shape index (κ1) is 17.7. The number of carboxylic acid groups (broad SMARTS) is 1. The molecule has 6 heteroatoms. The number of halogens is 1. The molecule has 4 rings (SSSR count). The molecule has 0 bridgehead atoms. The summed E-state index contributed by atoms with van der Waals surface area (Å²) < 4.78 is 15.6. The minimum absolute atomic E-state index is 0.403. The highest BCUT2D eigenvalue weighted by Gasteiger charge is 2.25. The Morgan fingerprint density at radius 3 is 2.79 bits per heavy atom. The SMILES string of the molecule is C=C[C@H]([C@@H](C=C)C(=O)O)n1ccc2ccc(-c3c[nH]c4ncc(F)cc34)cc21. The molecule has 3 aromatic heterocycles. The lowest BCUT2D eigenvalue weighted by Crippen LogP contribution is -2.22. The number of H-pyrrole nitrogens is 1. The van der Waals surface area contributed by atoms with E-state index in [9.17, 15) is 14.3 Å². The molecule has 28 heavy (non-hydrogen) atoms. The Hall–Kier alpha value is -3.67. The van der Waals surface area contributed by atoms with Crippen LogP contribution < -0.4 is 0 Å².